The van der Waals surface area contributed by atoms with Crippen LogP contribution in [0.25, 0.3) is 10.9 Å². The number of halogens is 1. The quantitative estimate of drug-likeness (QED) is 0.498. The number of anilines is 1. The number of hydrogen-bond donors (Lipinski definition) is 0. The van der Waals surface area contributed by atoms with Crippen molar-refractivity contribution < 1.29 is 12.8 Å². The minimum absolute atomic E-state index is 0.0681. The molecule has 3 aromatic rings. The molecule has 0 radical (unpaired) electrons. The van der Waals surface area contributed by atoms with Gasteiger partial charge in [-0.05, 0) is 61.4 Å². The van der Waals surface area contributed by atoms with E-state index in [0.717, 1.165) is 44.3 Å². The highest BCUT2D eigenvalue weighted by Gasteiger charge is 2.26. The summed E-state index contributed by atoms with van der Waals surface area (Å²) in [7, 11) is -4.04. The average molecular weight is 471 g/mol. The maximum absolute atomic E-state index is 15.2. The van der Waals surface area contributed by atoms with Crippen LogP contribution < -0.4 is 10.3 Å². The third-order valence-electron chi connectivity index (χ3n) is 6.51. The average Bonchev–Trinajstić information content (AvgIpc) is 2.80. The molecule has 4 rings (SSSR count). The van der Waals surface area contributed by atoms with Crippen LogP contribution in [0, 0.1) is 11.7 Å². The van der Waals surface area contributed by atoms with E-state index < -0.39 is 21.1 Å². The molecule has 2 heterocycles. The van der Waals surface area contributed by atoms with Gasteiger partial charge in [0.2, 0.25) is 15.3 Å². The Hall–Kier alpha value is -2.67. The van der Waals surface area contributed by atoms with Crippen molar-refractivity contribution in [2.75, 3.05) is 18.0 Å². The number of rotatable bonds is 6. The van der Waals surface area contributed by atoms with E-state index in [9.17, 15) is 13.2 Å². The molecule has 0 N–H and O–H groups in total. The molecular weight excluding hydrogens is 439 g/mol. The number of hydrogen-bond acceptors (Lipinski definition) is 4. The molecule has 0 saturated carbocycles. The van der Waals surface area contributed by atoms with Crippen LogP contribution in [0.2, 0.25) is 0 Å². The Labute approximate surface area is 194 Å². The molecule has 1 atom stereocenters. The first-order chi connectivity index (χ1) is 15.8. The lowest BCUT2D eigenvalue weighted by atomic mass is 9.99. The number of fused-ring (bicyclic) bond motifs is 1. The molecule has 0 spiro atoms. The minimum atomic E-state index is -4.04. The Morgan fingerprint density at radius 1 is 1.12 bits per heavy atom. The molecule has 0 unspecified atom stereocenters. The number of sulfone groups is 1. The van der Waals surface area contributed by atoms with Gasteiger partial charge in [0.1, 0.15) is 10.7 Å². The van der Waals surface area contributed by atoms with Crippen LogP contribution in [-0.4, -0.2) is 26.1 Å². The standard InChI is InChI=1S/C26H31FN2O3S/c1-4-12-28-17-25(33(31,32)20-10-8-19(5-2)9-11-20)26(30)21-14-22(27)24(15-23(21)28)29-13-6-7-18(3)16-29/h8-11,14-15,17-18H,4-7,12-13,16H2,1-3H3/t18-/m0/s1. The Morgan fingerprint density at radius 3 is 2.48 bits per heavy atom. The predicted octanol–water partition coefficient (Wildman–Crippen LogP) is 5.18. The molecule has 1 fully saturated rings. The summed E-state index contributed by atoms with van der Waals surface area (Å²) in [5, 5.41) is 0.0982. The number of pyridine rings is 1. The zero-order valence-electron chi connectivity index (χ0n) is 19.5. The number of aromatic nitrogens is 1. The van der Waals surface area contributed by atoms with Gasteiger partial charge in [0, 0.05) is 25.8 Å². The fourth-order valence-corrected chi connectivity index (χ4v) is 6.04. The van der Waals surface area contributed by atoms with Crippen molar-refractivity contribution in [1.29, 1.82) is 0 Å². The molecule has 1 aliphatic heterocycles. The summed E-state index contributed by atoms with van der Waals surface area (Å²) >= 11 is 0. The van der Waals surface area contributed by atoms with E-state index in [-0.39, 0.29) is 15.2 Å². The summed E-state index contributed by atoms with van der Waals surface area (Å²) in [5.41, 5.74) is 1.40. The van der Waals surface area contributed by atoms with Crippen molar-refractivity contribution >= 4 is 26.4 Å². The van der Waals surface area contributed by atoms with Gasteiger partial charge in [0.15, 0.2) is 0 Å². The Morgan fingerprint density at radius 2 is 1.85 bits per heavy atom. The summed E-state index contributed by atoms with van der Waals surface area (Å²) in [6.07, 6.45) is 5.08. The molecule has 1 saturated heterocycles. The molecule has 0 aliphatic carbocycles. The third-order valence-corrected chi connectivity index (χ3v) is 8.27. The number of piperidine rings is 1. The van der Waals surface area contributed by atoms with E-state index in [0.29, 0.717) is 23.7 Å². The molecule has 7 heteroatoms. The van der Waals surface area contributed by atoms with E-state index in [1.807, 2.05) is 18.7 Å². The number of nitrogens with zero attached hydrogens (tertiary/aromatic N) is 2. The molecule has 1 aliphatic rings. The lowest BCUT2D eigenvalue weighted by Gasteiger charge is -2.33. The van der Waals surface area contributed by atoms with Gasteiger partial charge in [-0.25, -0.2) is 12.8 Å². The summed E-state index contributed by atoms with van der Waals surface area (Å²) < 4.78 is 43.8. The van der Waals surface area contributed by atoms with E-state index in [1.54, 1.807) is 22.8 Å². The Kier molecular flexibility index (Phi) is 6.61. The lowest BCUT2D eigenvalue weighted by molar-refractivity contribution is 0.442. The normalized spacial score (nSPS) is 17.0. The second-order valence-electron chi connectivity index (χ2n) is 9.03. The first-order valence-electron chi connectivity index (χ1n) is 11.7. The second-order valence-corrected chi connectivity index (χ2v) is 10.9. The zero-order chi connectivity index (χ0) is 23.8. The van der Waals surface area contributed by atoms with Crippen LogP contribution >= 0.6 is 0 Å². The highest BCUT2D eigenvalue weighted by Crippen LogP contribution is 2.30. The topological polar surface area (TPSA) is 59.4 Å². The number of benzene rings is 2. The van der Waals surface area contributed by atoms with E-state index in [4.69, 9.17) is 0 Å². The van der Waals surface area contributed by atoms with Crippen molar-refractivity contribution in [1.82, 2.24) is 4.57 Å². The summed E-state index contributed by atoms with van der Waals surface area (Å²) in [5.74, 6) is -0.0168. The maximum Gasteiger partial charge on any atom is 0.211 e. The smallest absolute Gasteiger partial charge is 0.211 e. The van der Waals surface area contributed by atoms with Gasteiger partial charge in [0.25, 0.3) is 0 Å². The first kappa shape index (κ1) is 23.5. The van der Waals surface area contributed by atoms with Crippen molar-refractivity contribution in [2.24, 2.45) is 5.92 Å². The third kappa shape index (κ3) is 4.43. The number of aryl methyl sites for hydroxylation is 2. The fraction of sp³-hybridized carbons (Fsp3) is 0.423. The van der Waals surface area contributed by atoms with Gasteiger partial charge in [0.05, 0.1) is 21.5 Å². The minimum Gasteiger partial charge on any atom is -0.369 e. The highest BCUT2D eigenvalue weighted by atomic mass is 32.2. The van der Waals surface area contributed by atoms with E-state index in [1.165, 1.54) is 24.4 Å². The van der Waals surface area contributed by atoms with Gasteiger partial charge in [-0.3, -0.25) is 4.79 Å². The molecule has 33 heavy (non-hydrogen) atoms. The predicted molar refractivity (Wildman–Crippen MR) is 130 cm³/mol. The van der Waals surface area contributed by atoms with Crippen molar-refractivity contribution in [3.63, 3.8) is 0 Å². The van der Waals surface area contributed by atoms with E-state index in [2.05, 4.69) is 6.92 Å². The van der Waals surface area contributed by atoms with Gasteiger partial charge in [-0.2, -0.15) is 0 Å². The van der Waals surface area contributed by atoms with Gasteiger partial charge >= 0.3 is 0 Å². The van der Waals surface area contributed by atoms with Gasteiger partial charge in [-0.15, -0.1) is 0 Å². The fourth-order valence-electron chi connectivity index (χ4n) is 4.67. The summed E-state index contributed by atoms with van der Waals surface area (Å²) in [6.45, 7) is 8.19. The monoisotopic (exact) mass is 470 g/mol. The van der Waals surface area contributed by atoms with Crippen molar-refractivity contribution in [3.8, 4) is 0 Å². The molecule has 1 aromatic heterocycles. The van der Waals surface area contributed by atoms with Crippen LogP contribution in [0.15, 0.2) is 57.2 Å². The SMILES string of the molecule is CCCn1cc(S(=O)(=O)c2ccc(CC)cc2)c(=O)c2cc(F)c(N3CCC[C@H](C)C3)cc21. The van der Waals surface area contributed by atoms with Crippen molar-refractivity contribution in [2.45, 2.75) is 62.8 Å². The highest BCUT2D eigenvalue weighted by molar-refractivity contribution is 7.91. The maximum atomic E-state index is 15.2. The van der Waals surface area contributed by atoms with Crippen molar-refractivity contribution in [3.05, 3.63) is 64.2 Å². The van der Waals surface area contributed by atoms with Gasteiger partial charge < -0.3 is 9.47 Å². The lowest BCUT2D eigenvalue weighted by Crippen LogP contribution is -2.35. The van der Waals surface area contributed by atoms with Crippen LogP contribution in [-0.2, 0) is 22.8 Å². The van der Waals surface area contributed by atoms with Crippen LogP contribution in [0.3, 0.4) is 0 Å². The molecule has 0 bridgehead atoms. The molecule has 0 amide bonds. The molecule has 5 nitrogen and oxygen atoms in total. The van der Waals surface area contributed by atoms with Crippen LogP contribution in [0.5, 0.6) is 0 Å². The Bertz CT molecular complexity index is 1330. The van der Waals surface area contributed by atoms with E-state index >= 15 is 4.39 Å². The summed E-state index contributed by atoms with van der Waals surface area (Å²) in [6, 6.07) is 9.50. The molecule has 176 valence electrons. The molecular formula is C26H31FN2O3S. The summed E-state index contributed by atoms with van der Waals surface area (Å²) in [4.78, 5) is 15.1. The van der Waals surface area contributed by atoms with Gasteiger partial charge in [-0.1, -0.05) is 32.9 Å². The molecule has 2 aromatic carbocycles. The van der Waals surface area contributed by atoms with Crippen LogP contribution in [0.4, 0.5) is 10.1 Å². The second kappa shape index (κ2) is 9.29. The first-order valence-corrected chi connectivity index (χ1v) is 13.2. The zero-order valence-corrected chi connectivity index (χ0v) is 20.3. The Balaban J connectivity index is 1.90. The van der Waals surface area contributed by atoms with Crippen LogP contribution in [0.1, 0.15) is 45.6 Å². The largest absolute Gasteiger partial charge is 0.369 e.